The van der Waals surface area contributed by atoms with Crippen LogP contribution in [0.1, 0.15) is 47.4 Å². The number of nitrogens with zero attached hydrogens (tertiary/aromatic N) is 5. The molecule has 0 radical (unpaired) electrons. The number of rotatable bonds is 5. The molecule has 12 heteroatoms. The van der Waals surface area contributed by atoms with E-state index in [0.717, 1.165) is 42.7 Å². The second kappa shape index (κ2) is 10.7. The number of halogens is 3. The smallest absolute Gasteiger partial charge is 0.435 e. The first-order chi connectivity index (χ1) is 19.8. The van der Waals surface area contributed by atoms with Crippen LogP contribution < -0.4 is 19.9 Å². The Morgan fingerprint density at radius 1 is 0.854 bits per heavy atom. The third-order valence-electron chi connectivity index (χ3n) is 7.95. The van der Waals surface area contributed by atoms with Gasteiger partial charge in [0, 0.05) is 49.5 Å². The lowest BCUT2D eigenvalue weighted by Crippen LogP contribution is -2.63. The monoisotopic (exact) mass is 568 g/mol. The number of piperidine rings is 1. The molecule has 4 heterocycles. The zero-order valence-electron chi connectivity index (χ0n) is 22.7. The van der Waals surface area contributed by atoms with E-state index in [4.69, 9.17) is 4.74 Å². The molecule has 2 fully saturated rings. The normalized spacial score (nSPS) is 19.9. The lowest BCUT2D eigenvalue weighted by atomic mass is 10.0. The fraction of sp³-hybridized carbons (Fsp3) is 0.414. The van der Waals surface area contributed by atoms with E-state index in [2.05, 4.69) is 15.3 Å². The van der Waals surface area contributed by atoms with E-state index in [1.165, 1.54) is 12.0 Å². The summed E-state index contributed by atoms with van der Waals surface area (Å²) in [6.45, 7) is 2.39. The number of methoxy groups -OCH3 is 1. The third kappa shape index (κ3) is 5.01. The summed E-state index contributed by atoms with van der Waals surface area (Å²) >= 11 is 0. The molecule has 1 aromatic heterocycles. The zero-order valence-corrected chi connectivity index (χ0v) is 22.7. The van der Waals surface area contributed by atoms with Crippen molar-refractivity contribution in [1.29, 1.82) is 0 Å². The number of hydrogen-bond acceptors (Lipinski definition) is 6. The summed E-state index contributed by atoms with van der Waals surface area (Å²) in [5.74, 6) is 0.127. The molecule has 3 aliphatic heterocycles. The fourth-order valence-corrected chi connectivity index (χ4v) is 5.92. The van der Waals surface area contributed by atoms with Crippen molar-refractivity contribution in [1.82, 2.24) is 20.0 Å². The van der Waals surface area contributed by atoms with Crippen molar-refractivity contribution in [3.05, 3.63) is 65.5 Å². The topological polar surface area (TPSA) is 82.9 Å². The maximum Gasteiger partial charge on any atom is 0.435 e. The molecule has 0 saturated carbocycles. The fourth-order valence-electron chi connectivity index (χ4n) is 5.92. The van der Waals surface area contributed by atoms with Crippen molar-refractivity contribution >= 4 is 23.2 Å². The van der Waals surface area contributed by atoms with Gasteiger partial charge in [-0.3, -0.25) is 14.9 Å². The predicted molar refractivity (Wildman–Crippen MR) is 146 cm³/mol. The molecule has 1 N–H and O–H groups in total. The number of anilines is 2. The second-order valence-electron chi connectivity index (χ2n) is 10.4. The SMILES string of the molecule is COc1ccc(-n2nc(C(F)(F)F)c3c2C(=O)N(c2ccc(N4CCCNC4N4CCCCC4=O)cc2)CC3)cc1. The van der Waals surface area contributed by atoms with Crippen LogP contribution in [0.2, 0.25) is 0 Å². The van der Waals surface area contributed by atoms with Crippen LogP contribution in [0.25, 0.3) is 5.69 Å². The van der Waals surface area contributed by atoms with Gasteiger partial charge in [-0.25, -0.2) is 4.68 Å². The molecule has 3 aliphatic rings. The number of carbonyl (C=O) groups excluding carboxylic acids is 2. The van der Waals surface area contributed by atoms with Gasteiger partial charge in [0.1, 0.15) is 11.4 Å². The lowest BCUT2D eigenvalue weighted by Gasteiger charge is -2.45. The van der Waals surface area contributed by atoms with Crippen molar-refractivity contribution in [2.45, 2.75) is 44.6 Å². The molecular formula is C29H31F3N6O3. The number of ether oxygens (including phenoxy) is 1. The molecule has 216 valence electrons. The molecule has 1 atom stereocenters. The van der Waals surface area contributed by atoms with Gasteiger partial charge in [0.2, 0.25) is 5.91 Å². The van der Waals surface area contributed by atoms with E-state index in [9.17, 15) is 22.8 Å². The summed E-state index contributed by atoms with van der Waals surface area (Å²) in [6.07, 6.45) is -1.56. The van der Waals surface area contributed by atoms with Crippen LogP contribution in [0.5, 0.6) is 5.75 Å². The Kier molecular flexibility index (Phi) is 7.10. The van der Waals surface area contributed by atoms with Gasteiger partial charge in [0.05, 0.1) is 12.8 Å². The van der Waals surface area contributed by atoms with Crippen molar-refractivity contribution in [3.8, 4) is 11.4 Å². The minimum Gasteiger partial charge on any atom is -0.497 e. The zero-order chi connectivity index (χ0) is 28.7. The molecule has 0 bridgehead atoms. The van der Waals surface area contributed by atoms with E-state index < -0.39 is 17.8 Å². The number of hydrogen-bond donors (Lipinski definition) is 1. The van der Waals surface area contributed by atoms with Crippen LogP contribution in [0, 0.1) is 0 Å². The highest BCUT2D eigenvalue weighted by Gasteiger charge is 2.43. The highest BCUT2D eigenvalue weighted by Crippen LogP contribution is 2.37. The summed E-state index contributed by atoms with van der Waals surface area (Å²) in [5.41, 5.74) is 0.580. The van der Waals surface area contributed by atoms with Gasteiger partial charge >= 0.3 is 6.18 Å². The Balaban J connectivity index is 1.30. The summed E-state index contributed by atoms with van der Waals surface area (Å²) in [5, 5.41) is 7.32. The number of carbonyl (C=O) groups is 2. The van der Waals surface area contributed by atoms with Crippen LogP contribution in [0.15, 0.2) is 48.5 Å². The van der Waals surface area contributed by atoms with Gasteiger partial charge in [-0.05, 0) is 74.2 Å². The maximum absolute atomic E-state index is 13.9. The highest BCUT2D eigenvalue weighted by molar-refractivity contribution is 6.07. The first-order valence-corrected chi connectivity index (χ1v) is 13.8. The van der Waals surface area contributed by atoms with E-state index in [-0.39, 0.29) is 36.4 Å². The van der Waals surface area contributed by atoms with E-state index in [0.29, 0.717) is 30.1 Å². The molecule has 0 aliphatic carbocycles. The summed E-state index contributed by atoms with van der Waals surface area (Å²) in [6, 6.07) is 13.8. The Labute approximate surface area is 235 Å². The molecule has 2 saturated heterocycles. The maximum atomic E-state index is 13.9. The third-order valence-corrected chi connectivity index (χ3v) is 7.95. The Hall–Kier alpha value is -4.06. The number of nitrogens with one attached hydrogen (secondary N) is 1. The molecule has 2 aromatic carbocycles. The van der Waals surface area contributed by atoms with Gasteiger partial charge in [-0.1, -0.05) is 0 Å². The number of fused-ring (bicyclic) bond motifs is 1. The van der Waals surface area contributed by atoms with Crippen LogP contribution in [-0.2, 0) is 17.4 Å². The lowest BCUT2D eigenvalue weighted by molar-refractivity contribution is -0.142. The average Bonchev–Trinajstić information content (AvgIpc) is 3.39. The van der Waals surface area contributed by atoms with Gasteiger partial charge in [-0.2, -0.15) is 18.3 Å². The minimum absolute atomic E-state index is 0.0169. The van der Waals surface area contributed by atoms with E-state index >= 15 is 0 Å². The van der Waals surface area contributed by atoms with Crippen molar-refractivity contribution in [2.24, 2.45) is 0 Å². The number of amides is 2. The molecule has 6 rings (SSSR count). The van der Waals surface area contributed by atoms with Crippen molar-refractivity contribution in [2.75, 3.05) is 43.1 Å². The first kappa shape index (κ1) is 27.1. The summed E-state index contributed by atoms with van der Waals surface area (Å²) in [4.78, 5) is 31.9. The Morgan fingerprint density at radius 3 is 2.22 bits per heavy atom. The molecule has 0 spiro atoms. The van der Waals surface area contributed by atoms with Crippen LogP contribution in [0.4, 0.5) is 24.5 Å². The van der Waals surface area contributed by atoms with Gasteiger partial charge in [0.25, 0.3) is 5.91 Å². The molecular weight excluding hydrogens is 537 g/mol. The minimum atomic E-state index is -4.69. The van der Waals surface area contributed by atoms with Gasteiger partial charge < -0.3 is 19.4 Å². The quantitative estimate of drug-likeness (QED) is 0.497. The first-order valence-electron chi connectivity index (χ1n) is 13.8. The van der Waals surface area contributed by atoms with Crippen LogP contribution >= 0.6 is 0 Å². The Morgan fingerprint density at radius 2 is 1.54 bits per heavy atom. The number of benzene rings is 2. The van der Waals surface area contributed by atoms with Gasteiger partial charge in [0.15, 0.2) is 12.0 Å². The summed E-state index contributed by atoms with van der Waals surface area (Å²) in [7, 11) is 1.49. The van der Waals surface area contributed by atoms with Gasteiger partial charge in [-0.15, -0.1) is 0 Å². The molecule has 3 aromatic rings. The summed E-state index contributed by atoms with van der Waals surface area (Å²) < 4.78 is 48.0. The van der Waals surface area contributed by atoms with E-state index in [1.807, 2.05) is 17.0 Å². The molecule has 1 unspecified atom stereocenters. The number of likely N-dealkylation sites (tertiary alicyclic amines) is 1. The largest absolute Gasteiger partial charge is 0.497 e. The average molecular weight is 569 g/mol. The second-order valence-corrected chi connectivity index (χ2v) is 10.4. The van der Waals surface area contributed by atoms with Crippen molar-refractivity contribution in [3.63, 3.8) is 0 Å². The molecule has 9 nitrogen and oxygen atoms in total. The predicted octanol–water partition coefficient (Wildman–Crippen LogP) is 4.20. The molecule has 41 heavy (non-hydrogen) atoms. The Bertz CT molecular complexity index is 1440. The van der Waals surface area contributed by atoms with Crippen molar-refractivity contribution < 1.29 is 27.5 Å². The van der Waals surface area contributed by atoms with E-state index in [1.54, 1.807) is 36.4 Å². The standard InChI is InChI=1S/C29H31F3N6O3/c1-41-22-12-10-21(11-13-22)38-25-23(26(34-38)29(30,31)32)14-18-35(27(25)40)19-6-8-20(9-7-19)36-17-4-15-33-28(36)37-16-3-2-5-24(37)39/h6-13,28,33H,2-5,14-18H2,1H3. The number of alkyl halides is 3. The number of aromatic nitrogens is 2. The van der Waals surface area contributed by atoms with Crippen LogP contribution in [-0.4, -0.2) is 66.1 Å². The highest BCUT2D eigenvalue weighted by atomic mass is 19.4. The van der Waals surface area contributed by atoms with Crippen LogP contribution in [0.3, 0.4) is 0 Å². The molecule has 2 amide bonds.